The van der Waals surface area contributed by atoms with Crippen molar-refractivity contribution in [3.63, 3.8) is 0 Å². The first-order valence-corrected chi connectivity index (χ1v) is 9.22. The van der Waals surface area contributed by atoms with Crippen LogP contribution in [0.1, 0.15) is 33.3 Å². The van der Waals surface area contributed by atoms with E-state index >= 15 is 0 Å². The lowest BCUT2D eigenvalue weighted by Crippen LogP contribution is -2.41. The minimum absolute atomic E-state index is 0.123. The highest BCUT2D eigenvalue weighted by atomic mass is 32.2. The normalized spacial score (nSPS) is 12.3. The minimum Gasteiger partial charge on any atom is -0.465 e. The average molecular weight is 353 g/mol. The van der Waals surface area contributed by atoms with E-state index in [1.54, 1.807) is 6.92 Å². The summed E-state index contributed by atoms with van der Waals surface area (Å²) in [5.41, 5.74) is 0.578. The van der Waals surface area contributed by atoms with E-state index < -0.39 is 11.7 Å². The van der Waals surface area contributed by atoms with E-state index in [9.17, 15) is 9.59 Å². The largest absolute Gasteiger partial charge is 0.465 e. The Kier molecular flexibility index (Phi) is 8.68. The summed E-state index contributed by atoms with van der Waals surface area (Å²) in [6, 6.07) is 9.79. The van der Waals surface area contributed by atoms with E-state index in [4.69, 9.17) is 9.47 Å². The lowest BCUT2D eigenvalue weighted by atomic mass is 10.1. The zero-order chi connectivity index (χ0) is 18.0. The maximum absolute atomic E-state index is 12.0. The number of benzene rings is 1. The van der Waals surface area contributed by atoms with Gasteiger partial charge in [0.15, 0.2) is 0 Å². The summed E-state index contributed by atoms with van der Waals surface area (Å²) in [5, 5.41) is 2.89. The van der Waals surface area contributed by atoms with Crippen LogP contribution in [0.3, 0.4) is 0 Å². The third-order valence-corrected chi connectivity index (χ3v) is 3.97. The quantitative estimate of drug-likeness (QED) is 0.726. The molecular weight excluding hydrogens is 326 g/mol. The minimum atomic E-state index is -0.542. The van der Waals surface area contributed by atoms with Crippen LogP contribution in [0.5, 0.6) is 0 Å². The molecule has 1 rings (SSSR count). The Hall–Kier alpha value is -1.69. The number of carbonyl (C=O) groups is 2. The zero-order valence-corrected chi connectivity index (χ0v) is 15.7. The molecule has 0 spiro atoms. The highest BCUT2D eigenvalue weighted by molar-refractivity contribution is 7.99. The summed E-state index contributed by atoms with van der Waals surface area (Å²) in [5.74, 6) is 0.639. The van der Waals surface area contributed by atoms with E-state index in [1.165, 1.54) is 11.8 Å². The molecule has 0 aliphatic heterocycles. The number of nitrogens with one attached hydrogen (secondary N) is 1. The van der Waals surface area contributed by atoms with E-state index in [0.29, 0.717) is 18.8 Å². The van der Waals surface area contributed by atoms with E-state index in [2.05, 4.69) is 5.32 Å². The van der Waals surface area contributed by atoms with Crippen LogP contribution in [-0.4, -0.2) is 41.8 Å². The second-order valence-electron chi connectivity index (χ2n) is 6.35. The van der Waals surface area contributed by atoms with Gasteiger partial charge in [0.1, 0.15) is 5.60 Å². The molecule has 0 saturated heterocycles. The summed E-state index contributed by atoms with van der Waals surface area (Å²) in [4.78, 5) is 23.5. The van der Waals surface area contributed by atoms with Crippen molar-refractivity contribution in [3.05, 3.63) is 35.9 Å². The van der Waals surface area contributed by atoms with Gasteiger partial charge in [0, 0.05) is 11.8 Å². The molecule has 0 radical (unpaired) electrons. The molecule has 6 heteroatoms. The Morgan fingerprint density at radius 1 is 1.21 bits per heavy atom. The van der Waals surface area contributed by atoms with Crippen molar-refractivity contribution in [3.8, 4) is 0 Å². The van der Waals surface area contributed by atoms with E-state index in [-0.39, 0.29) is 17.8 Å². The lowest BCUT2D eigenvalue weighted by molar-refractivity contribution is -0.139. The molecule has 134 valence electrons. The molecule has 0 bridgehead atoms. The average Bonchev–Trinajstić information content (AvgIpc) is 2.46. The molecule has 1 amide bonds. The van der Waals surface area contributed by atoms with Gasteiger partial charge in [-0.2, -0.15) is 0 Å². The van der Waals surface area contributed by atoms with Crippen molar-refractivity contribution in [2.75, 3.05) is 18.1 Å². The van der Waals surface area contributed by atoms with Crippen molar-refractivity contribution in [2.24, 2.45) is 0 Å². The summed E-state index contributed by atoms with van der Waals surface area (Å²) < 4.78 is 10.2. The summed E-state index contributed by atoms with van der Waals surface area (Å²) in [6.07, 6.45) is 0.232. The van der Waals surface area contributed by atoms with E-state index in [0.717, 1.165) is 5.56 Å². The van der Waals surface area contributed by atoms with Gasteiger partial charge in [-0.3, -0.25) is 4.79 Å². The Morgan fingerprint density at radius 2 is 1.88 bits per heavy atom. The molecule has 0 fully saturated rings. The molecule has 1 aromatic rings. The van der Waals surface area contributed by atoms with Crippen molar-refractivity contribution in [1.82, 2.24) is 5.32 Å². The van der Waals surface area contributed by atoms with Crippen molar-refractivity contribution >= 4 is 23.8 Å². The molecule has 1 atom stereocenters. The summed E-state index contributed by atoms with van der Waals surface area (Å²) >= 11 is 1.44. The fraction of sp³-hybridized carbons (Fsp3) is 0.556. The van der Waals surface area contributed by atoms with Gasteiger partial charge >= 0.3 is 12.1 Å². The first-order chi connectivity index (χ1) is 11.3. The second-order valence-corrected chi connectivity index (χ2v) is 7.38. The van der Waals surface area contributed by atoms with Crippen molar-refractivity contribution < 1.29 is 19.1 Å². The fourth-order valence-electron chi connectivity index (χ4n) is 2.01. The highest BCUT2D eigenvalue weighted by Crippen LogP contribution is 2.12. The predicted octanol–water partition coefficient (Wildman–Crippen LogP) is 3.42. The highest BCUT2D eigenvalue weighted by Gasteiger charge is 2.20. The number of ether oxygens (including phenoxy) is 2. The van der Waals surface area contributed by atoms with Gasteiger partial charge in [0.2, 0.25) is 0 Å². The topological polar surface area (TPSA) is 64.6 Å². The Bertz CT molecular complexity index is 514. The van der Waals surface area contributed by atoms with Crippen LogP contribution >= 0.6 is 11.8 Å². The number of rotatable bonds is 8. The molecule has 5 nitrogen and oxygen atoms in total. The lowest BCUT2D eigenvalue weighted by Gasteiger charge is -2.23. The maximum Gasteiger partial charge on any atom is 0.407 e. The molecule has 1 N–H and O–H groups in total. The number of esters is 1. The van der Waals surface area contributed by atoms with Crippen LogP contribution in [0.4, 0.5) is 4.79 Å². The molecular formula is C18H27NO4S. The molecule has 0 aliphatic rings. The fourth-order valence-corrected chi connectivity index (χ4v) is 2.87. The van der Waals surface area contributed by atoms with Crippen LogP contribution in [0.2, 0.25) is 0 Å². The van der Waals surface area contributed by atoms with Crippen LogP contribution in [0.15, 0.2) is 30.3 Å². The Morgan fingerprint density at radius 3 is 2.46 bits per heavy atom. The van der Waals surface area contributed by atoms with Gasteiger partial charge in [-0.1, -0.05) is 30.3 Å². The number of alkyl carbamates (subject to hydrolysis) is 1. The number of thioether (sulfide) groups is 1. The summed E-state index contributed by atoms with van der Waals surface area (Å²) in [6.45, 7) is 7.64. The maximum atomic E-state index is 12.0. The zero-order valence-electron chi connectivity index (χ0n) is 14.8. The molecule has 24 heavy (non-hydrogen) atoms. The third kappa shape index (κ3) is 9.45. The molecule has 0 saturated carbocycles. The standard InChI is InChI=1S/C18H27NO4S/c1-5-22-16(20)13-24-12-15(11-14-9-7-6-8-10-14)19-17(21)23-18(2,3)4/h6-10,15H,5,11-13H2,1-4H3,(H,19,21)/t15-/m1/s1. The van der Waals surface area contributed by atoms with Gasteiger partial charge in [-0.25, -0.2) is 4.79 Å². The molecule has 0 heterocycles. The number of carbonyl (C=O) groups excluding carboxylic acids is 2. The smallest absolute Gasteiger partial charge is 0.407 e. The number of hydrogen-bond donors (Lipinski definition) is 1. The SMILES string of the molecule is CCOC(=O)CSC[C@@H](Cc1ccccc1)NC(=O)OC(C)(C)C. The summed E-state index contributed by atoms with van der Waals surface area (Å²) in [7, 11) is 0. The second kappa shape index (κ2) is 10.2. The molecule has 0 unspecified atom stereocenters. The molecule has 1 aromatic carbocycles. The number of hydrogen-bond acceptors (Lipinski definition) is 5. The van der Waals surface area contributed by atoms with Crippen molar-refractivity contribution in [1.29, 1.82) is 0 Å². The van der Waals surface area contributed by atoms with Gasteiger partial charge < -0.3 is 14.8 Å². The van der Waals surface area contributed by atoms with Gasteiger partial charge in [-0.05, 0) is 39.7 Å². The van der Waals surface area contributed by atoms with E-state index in [1.807, 2.05) is 51.1 Å². The molecule has 0 aliphatic carbocycles. The third-order valence-electron chi connectivity index (χ3n) is 2.89. The predicted molar refractivity (Wildman–Crippen MR) is 97.3 cm³/mol. The Labute approximate surface area is 148 Å². The molecule has 0 aromatic heterocycles. The number of amides is 1. The van der Waals surface area contributed by atoms with Gasteiger partial charge in [-0.15, -0.1) is 11.8 Å². The monoisotopic (exact) mass is 353 g/mol. The van der Waals surface area contributed by atoms with Crippen LogP contribution in [0, 0.1) is 0 Å². The van der Waals surface area contributed by atoms with Crippen molar-refractivity contribution in [2.45, 2.75) is 45.8 Å². The van der Waals surface area contributed by atoms with Crippen LogP contribution in [-0.2, 0) is 20.7 Å². The van der Waals surface area contributed by atoms with Crippen LogP contribution < -0.4 is 5.32 Å². The van der Waals surface area contributed by atoms with Crippen LogP contribution in [0.25, 0.3) is 0 Å². The van der Waals surface area contributed by atoms with Gasteiger partial charge in [0.25, 0.3) is 0 Å². The first-order valence-electron chi connectivity index (χ1n) is 8.07. The Balaban J connectivity index is 2.58. The van der Waals surface area contributed by atoms with Gasteiger partial charge in [0.05, 0.1) is 12.4 Å². The first kappa shape index (κ1) is 20.4.